The molecule has 2 aromatic rings. The Balaban J connectivity index is 2.04. The highest BCUT2D eigenvalue weighted by Crippen LogP contribution is 2.38. The summed E-state index contributed by atoms with van der Waals surface area (Å²) in [6, 6.07) is 8.71. The fourth-order valence-electron chi connectivity index (χ4n) is 2.58. The van der Waals surface area contributed by atoms with Crippen molar-refractivity contribution in [2.45, 2.75) is 26.9 Å². The molecule has 8 heteroatoms. The normalized spacial score (nSPS) is 11.2. The lowest BCUT2D eigenvalue weighted by molar-refractivity contribution is -0.128. The van der Waals surface area contributed by atoms with E-state index in [9.17, 15) is 9.59 Å². The topological polar surface area (TPSA) is 95.1 Å². The summed E-state index contributed by atoms with van der Waals surface area (Å²) in [4.78, 5) is 24.8. The molecule has 2 aromatic carbocycles. The Kier molecular flexibility index (Phi) is 7.30. The number of benzene rings is 2. The molecule has 0 spiro atoms. The molecule has 0 fully saturated rings. The molecule has 0 saturated heterocycles. The van der Waals surface area contributed by atoms with Crippen molar-refractivity contribution < 1.29 is 28.5 Å². The number of hydrogen-bond acceptors (Lipinski definition) is 6. The molecular weight excluding hydrogens is 376 g/mol. The summed E-state index contributed by atoms with van der Waals surface area (Å²) >= 11 is 0. The van der Waals surface area contributed by atoms with E-state index in [1.807, 2.05) is 32.0 Å². The number of amides is 2. The van der Waals surface area contributed by atoms with Gasteiger partial charge >= 0.3 is 0 Å². The molecule has 0 aliphatic rings. The number of methoxy groups -OCH3 is 3. The van der Waals surface area contributed by atoms with Crippen LogP contribution in [0, 0.1) is 13.8 Å². The van der Waals surface area contributed by atoms with E-state index >= 15 is 0 Å². The average molecular weight is 402 g/mol. The minimum Gasteiger partial charge on any atom is -0.493 e. The molecule has 1 atom stereocenters. The Morgan fingerprint density at radius 3 is 2.03 bits per heavy atom. The Bertz CT molecular complexity index is 872. The zero-order chi connectivity index (χ0) is 21.6. The van der Waals surface area contributed by atoms with Crippen LogP contribution in [0.3, 0.4) is 0 Å². The second kappa shape index (κ2) is 9.68. The zero-order valence-corrected chi connectivity index (χ0v) is 17.4. The molecule has 1 unspecified atom stereocenters. The van der Waals surface area contributed by atoms with Gasteiger partial charge in [-0.15, -0.1) is 0 Å². The van der Waals surface area contributed by atoms with Gasteiger partial charge < -0.3 is 18.9 Å². The minimum absolute atomic E-state index is 0.225. The van der Waals surface area contributed by atoms with Crippen LogP contribution in [-0.4, -0.2) is 39.2 Å². The minimum atomic E-state index is -0.810. The zero-order valence-electron chi connectivity index (χ0n) is 17.4. The van der Waals surface area contributed by atoms with Crippen LogP contribution < -0.4 is 29.8 Å². The third-order valence-electron chi connectivity index (χ3n) is 4.24. The molecule has 0 bridgehead atoms. The second-order valence-electron chi connectivity index (χ2n) is 6.39. The number of carbonyl (C=O) groups is 2. The van der Waals surface area contributed by atoms with Gasteiger partial charge in [0.15, 0.2) is 17.6 Å². The van der Waals surface area contributed by atoms with Gasteiger partial charge in [-0.3, -0.25) is 20.4 Å². The summed E-state index contributed by atoms with van der Waals surface area (Å²) in [5.74, 6) is 0.600. The Hall–Kier alpha value is -3.42. The van der Waals surface area contributed by atoms with Gasteiger partial charge in [-0.2, -0.15) is 0 Å². The highest BCUT2D eigenvalue weighted by atomic mass is 16.5. The largest absolute Gasteiger partial charge is 0.493 e. The lowest BCUT2D eigenvalue weighted by Crippen LogP contribution is -2.47. The van der Waals surface area contributed by atoms with Gasteiger partial charge in [0.1, 0.15) is 5.75 Å². The van der Waals surface area contributed by atoms with Crippen molar-refractivity contribution >= 4 is 11.8 Å². The first-order valence-electron chi connectivity index (χ1n) is 8.94. The number of carbonyl (C=O) groups excluding carboxylic acids is 2. The molecule has 0 aromatic heterocycles. The van der Waals surface area contributed by atoms with E-state index in [1.54, 1.807) is 6.92 Å². The summed E-state index contributed by atoms with van der Waals surface area (Å²) in [5, 5.41) is 0. The van der Waals surface area contributed by atoms with E-state index in [2.05, 4.69) is 10.9 Å². The molecule has 29 heavy (non-hydrogen) atoms. The first-order chi connectivity index (χ1) is 13.8. The van der Waals surface area contributed by atoms with E-state index in [0.29, 0.717) is 23.0 Å². The molecule has 2 amide bonds. The molecule has 0 aliphatic carbocycles. The molecule has 156 valence electrons. The molecule has 0 radical (unpaired) electrons. The average Bonchev–Trinajstić information content (AvgIpc) is 2.72. The summed E-state index contributed by atoms with van der Waals surface area (Å²) in [7, 11) is 4.37. The molecular formula is C21H26N2O6. The van der Waals surface area contributed by atoms with Crippen LogP contribution in [0.4, 0.5) is 0 Å². The van der Waals surface area contributed by atoms with Crippen LogP contribution in [-0.2, 0) is 4.79 Å². The SMILES string of the molecule is COc1cc(C(=O)NNC(=O)C(C)Oc2cc(C)ccc2C)cc(OC)c1OC. The standard InChI is InChI=1S/C21H26N2O6/c1-12-7-8-13(2)16(9-12)29-14(3)20(24)22-23-21(25)15-10-17(26-4)19(28-6)18(11-15)27-5/h7-11,14H,1-6H3,(H,22,24)(H,23,25). The van der Waals surface area contributed by atoms with Gasteiger partial charge in [-0.1, -0.05) is 12.1 Å². The third-order valence-corrected chi connectivity index (χ3v) is 4.24. The van der Waals surface area contributed by atoms with Gasteiger partial charge in [-0.05, 0) is 50.1 Å². The predicted molar refractivity (Wildman–Crippen MR) is 108 cm³/mol. The van der Waals surface area contributed by atoms with Crippen LogP contribution in [0.15, 0.2) is 30.3 Å². The first kappa shape index (κ1) is 21.9. The van der Waals surface area contributed by atoms with Gasteiger partial charge in [0.2, 0.25) is 5.75 Å². The van der Waals surface area contributed by atoms with Crippen molar-refractivity contribution in [3.8, 4) is 23.0 Å². The maximum Gasteiger partial charge on any atom is 0.279 e. The molecule has 0 saturated carbocycles. The molecule has 0 heterocycles. The molecule has 2 N–H and O–H groups in total. The quantitative estimate of drug-likeness (QED) is 0.691. The lowest BCUT2D eigenvalue weighted by Gasteiger charge is -2.17. The van der Waals surface area contributed by atoms with E-state index in [1.165, 1.54) is 33.5 Å². The highest BCUT2D eigenvalue weighted by molar-refractivity contribution is 5.97. The third kappa shape index (κ3) is 5.31. The van der Waals surface area contributed by atoms with Crippen LogP contribution >= 0.6 is 0 Å². The summed E-state index contributed by atoms with van der Waals surface area (Å²) in [5.41, 5.74) is 6.88. The fraction of sp³-hybridized carbons (Fsp3) is 0.333. The van der Waals surface area contributed by atoms with Gasteiger partial charge in [-0.25, -0.2) is 0 Å². The number of rotatable bonds is 7. The van der Waals surface area contributed by atoms with Crippen molar-refractivity contribution in [1.29, 1.82) is 0 Å². The molecule has 8 nitrogen and oxygen atoms in total. The highest BCUT2D eigenvalue weighted by Gasteiger charge is 2.19. The number of nitrogens with one attached hydrogen (secondary N) is 2. The number of hydrogen-bond donors (Lipinski definition) is 2. The Morgan fingerprint density at radius 1 is 0.862 bits per heavy atom. The van der Waals surface area contributed by atoms with Gasteiger partial charge in [0, 0.05) is 5.56 Å². The van der Waals surface area contributed by atoms with Crippen molar-refractivity contribution in [3.05, 3.63) is 47.0 Å². The number of aryl methyl sites for hydroxylation is 2. The first-order valence-corrected chi connectivity index (χ1v) is 8.94. The Morgan fingerprint density at radius 2 is 1.48 bits per heavy atom. The second-order valence-corrected chi connectivity index (χ2v) is 6.39. The number of hydrazine groups is 1. The van der Waals surface area contributed by atoms with E-state index in [4.69, 9.17) is 18.9 Å². The lowest BCUT2D eigenvalue weighted by atomic mass is 10.1. The summed E-state index contributed by atoms with van der Waals surface area (Å²) in [6.07, 6.45) is -0.810. The van der Waals surface area contributed by atoms with Crippen LogP contribution in [0.2, 0.25) is 0 Å². The van der Waals surface area contributed by atoms with E-state index in [0.717, 1.165) is 11.1 Å². The van der Waals surface area contributed by atoms with Gasteiger partial charge in [0.25, 0.3) is 11.8 Å². The van der Waals surface area contributed by atoms with Crippen LogP contribution in [0.5, 0.6) is 23.0 Å². The number of ether oxygens (including phenoxy) is 4. The molecule has 2 rings (SSSR count). The van der Waals surface area contributed by atoms with Crippen LogP contribution in [0.25, 0.3) is 0 Å². The summed E-state index contributed by atoms with van der Waals surface area (Å²) < 4.78 is 21.4. The van der Waals surface area contributed by atoms with E-state index in [-0.39, 0.29) is 5.56 Å². The Labute approximate surface area is 170 Å². The van der Waals surface area contributed by atoms with Crippen molar-refractivity contribution in [2.75, 3.05) is 21.3 Å². The predicted octanol–water partition coefficient (Wildman–Crippen LogP) is 2.56. The maximum absolute atomic E-state index is 12.4. The van der Waals surface area contributed by atoms with E-state index < -0.39 is 17.9 Å². The van der Waals surface area contributed by atoms with Crippen LogP contribution in [0.1, 0.15) is 28.4 Å². The maximum atomic E-state index is 12.4. The van der Waals surface area contributed by atoms with Crippen molar-refractivity contribution in [1.82, 2.24) is 10.9 Å². The van der Waals surface area contributed by atoms with Gasteiger partial charge in [0.05, 0.1) is 21.3 Å². The van der Waals surface area contributed by atoms with Crippen molar-refractivity contribution in [3.63, 3.8) is 0 Å². The molecule has 0 aliphatic heterocycles. The smallest absolute Gasteiger partial charge is 0.279 e. The van der Waals surface area contributed by atoms with Crippen molar-refractivity contribution in [2.24, 2.45) is 0 Å². The summed E-state index contributed by atoms with van der Waals surface area (Å²) in [6.45, 7) is 5.43. The monoisotopic (exact) mass is 402 g/mol. The fourth-order valence-corrected chi connectivity index (χ4v) is 2.58.